The number of hydrogen-bond acceptors (Lipinski definition) is 2. The minimum atomic E-state index is -0.203. The summed E-state index contributed by atoms with van der Waals surface area (Å²) in [5, 5.41) is 3.27. The monoisotopic (exact) mass is 282 g/mol. The molecule has 1 aliphatic rings. The molecule has 1 N–H and O–H groups in total. The van der Waals surface area contributed by atoms with Crippen LogP contribution in [0.3, 0.4) is 0 Å². The van der Waals surface area contributed by atoms with E-state index in [1.807, 2.05) is 30.1 Å². The number of carbonyl (C=O) groups excluding carboxylic acids is 1. The SMILES string of the molecule is CN(CCc1ccccc1)C(=O)C1(C)CCNC1.Cl. The van der Waals surface area contributed by atoms with Gasteiger partial charge in [0.05, 0.1) is 5.41 Å². The topological polar surface area (TPSA) is 32.3 Å². The Bertz CT molecular complexity index is 402. The smallest absolute Gasteiger partial charge is 0.229 e. The molecule has 0 saturated carbocycles. The van der Waals surface area contributed by atoms with Crippen molar-refractivity contribution in [1.29, 1.82) is 0 Å². The Morgan fingerprint density at radius 3 is 2.63 bits per heavy atom. The van der Waals surface area contributed by atoms with Crippen LogP contribution in [-0.2, 0) is 11.2 Å². The Labute approximate surface area is 121 Å². The van der Waals surface area contributed by atoms with Crippen molar-refractivity contribution in [3.8, 4) is 0 Å². The van der Waals surface area contributed by atoms with E-state index in [0.29, 0.717) is 0 Å². The molecule has 0 aliphatic carbocycles. The highest BCUT2D eigenvalue weighted by Gasteiger charge is 2.37. The number of halogens is 1. The molecule has 1 saturated heterocycles. The predicted molar refractivity (Wildman–Crippen MR) is 80.6 cm³/mol. The number of hydrogen-bond donors (Lipinski definition) is 1. The lowest BCUT2D eigenvalue weighted by molar-refractivity contribution is -0.138. The molecule has 0 spiro atoms. The van der Waals surface area contributed by atoms with Crippen molar-refractivity contribution in [3.05, 3.63) is 35.9 Å². The average Bonchev–Trinajstić information content (AvgIpc) is 2.84. The number of likely N-dealkylation sites (N-methyl/N-ethyl adjacent to an activating group) is 1. The van der Waals surface area contributed by atoms with Gasteiger partial charge in [0.15, 0.2) is 0 Å². The molecule has 1 aromatic carbocycles. The molecule has 19 heavy (non-hydrogen) atoms. The molecular formula is C15H23ClN2O. The number of nitrogens with one attached hydrogen (secondary N) is 1. The maximum absolute atomic E-state index is 12.4. The molecule has 0 bridgehead atoms. The molecule has 3 nitrogen and oxygen atoms in total. The molecule has 2 rings (SSSR count). The molecule has 1 aliphatic heterocycles. The third-order valence-corrected chi connectivity index (χ3v) is 3.81. The lowest BCUT2D eigenvalue weighted by atomic mass is 9.88. The Morgan fingerprint density at radius 2 is 2.05 bits per heavy atom. The van der Waals surface area contributed by atoms with Crippen LogP contribution in [-0.4, -0.2) is 37.5 Å². The fourth-order valence-electron chi connectivity index (χ4n) is 2.50. The van der Waals surface area contributed by atoms with Crippen LogP contribution in [0.2, 0.25) is 0 Å². The molecule has 1 amide bonds. The lowest BCUT2D eigenvalue weighted by Gasteiger charge is -2.28. The quantitative estimate of drug-likeness (QED) is 0.917. The third kappa shape index (κ3) is 3.95. The molecular weight excluding hydrogens is 260 g/mol. The summed E-state index contributed by atoms with van der Waals surface area (Å²) in [6, 6.07) is 10.3. The van der Waals surface area contributed by atoms with Gasteiger partial charge in [-0.3, -0.25) is 4.79 Å². The fourth-order valence-corrected chi connectivity index (χ4v) is 2.50. The fraction of sp³-hybridized carbons (Fsp3) is 0.533. The van der Waals surface area contributed by atoms with Gasteiger partial charge in [0.2, 0.25) is 5.91 Å². The van der Waals surface area contributed by atoms with E-state index in [0.717, 1.165) is 32.5 Å². The van der Waals surface area contributed by atoms with Gasteiger partial charge in [-0.05, 0) is 31.9 Å². The van der Waals surface area contributed by atoms with Crippen molar-refractivity contribution in [2.24, 2.45) is 5.41 Å². The minimum Gasteiger partial charge on any atom is -0.345 e. The maximum Gasteiger partial charge on any atom is 0.229 e. The summed E-state index contributed by atoms with van der Waals surface area (Å²) in [4.78, 5) is 14.2. The first-order valence-electron chi connectivity index (χ1n) is 6.62. The molecule has 4 heteroatoms. The zero-order valence-corrected chi connectivity index (χ0v) is 12.5. The number of rotatable bonds is 4. The van der Waals surface area contributed by atoms with E-state index in [4.69, 9.17) is 0 Å². The van der Waals surface area contributed by atoms with Gasteiger partial charge in [0.1, 0.15) is 0 Å². The average molecular weight is 283 g/mol. The molecule has 106 valence electrons. The first kappa shape index (κ1) is 16.0. The summed E-state index contributed by atoms with van der Waals surface area (Å²) >= 11 is 0. The van der Waals surface area contributed by atoms with Crippen molar-refractivity contribution in [2.75, 3.05) is 26.7 Å². The number of amides is 1. The molecule has 1 atom stereocenters. The van der Waals surface area contributed by atoms with Crippen LogP contribution in [0.25, 0.3) is 0 Å². The van der Waals surface area contributed by atoms with E-state index in [9.17, 15) is 4.79 Å². The second-order valence-electron chi connectivity index (χ2n) is 5.45. The van der Waals surface area contributed by atoms with Gasteiger partial charge in [-0.1, -0.05) is 30.3 Å². The van der Waals surface area contributed by atoms with Crippen LogP contribution >= 0.6 is 12.4 Å². The molecule has 1 fully saturated rings. The second-order valence-corrected chi connectivity index (χ2v) is 5.45. The zero-order chi connectivity index (χ0) is 13.0. The standard InChI is InChI=1S/C15H22N2O.ClH/c1-15(9-10-16-12-15)14(18)17(2)11-8-13-6-4-3-5-7-13;/h3-7,16H,8-12H2,1-2H3;1H. The third-order valence-electron chi connectivity index (χ3n) is 3.81. The van der Waals surface area contributed by atoms with Crippen molar-refractivity contribution in [2.45, 2.75) is 19.8 Å². The number of nitrogens with zero attached hydrogens (tertiary/aromatic N) is 1. The number of carbonyl (C=O) groups is 1. The van der Waals surface area contributed by atoms with Crippen LogP contribution in [0.1, 0.15) is 18.9 Å². The summed E-state index contributed by atoms with van der Waals surface area (Å²) in [5.41, 5.74) is 1.08. The first-order chi connectivity index (χ1) is 8.62. The number of benzene rings is 1. The summed E-state index contributed by atoms with van der Waals surface area (Å²) in [5.74, 6) is 0.267. The maximum atomic E-state index is 12.4. The van der Waals surface area contributed by atoms with Crippen molar-refractivity contribution in [3.63, 3.8) is 0 Å². The molecule has 0 aromatic heterocycles. The van der Waals surface area contributed by atoms with Gasteiger partial charge in [-0.2, -0.15) is 0 Å². The van der Waals surface area contributed by atoms with Crippen LogP contribution < -0.4 is 5.32 Å². The molecule has 1 heterocycles. The van der Waals surface area contributed by atoms with E-state index in [1.54, 1.807) is 0 Å². The minimum absolute atomic E-state index is 0. The molecule has 1 unspecified atom stereocenters. The Balaban J connectivity index is 0.00000180. The van der Waals surface area contributed by atoms with Gasteiger partial charge in [-0.25, -0.2) is 0 Å². The Hall–Kier alpha value is -1.06. The highest BCUT2D eigenvalue weighted by Crippen LogP contribution is 2.26. The lowest BCUT2D eigenvalue weighted by Crippen LogP contribution is -2.42. The van der Waals surface area contributed by atoms with Crippen LogP contribution in [0, 0.1) is 5.41 Å². The van der Waals surface area contributed by atoms with Crippen molar-refractivity contribution in [1.82, 2.24) is 10.2 Å². The zero-order valence-electron chi connectivity index (χ0n) is 11.7. The van der Waals surface area contributed by atoms with Crippen LogP contribution in [0.5, 0.6) is 0 Å². The van der Waals surface area contributed by atoms with Gasteiger partial charge < -0.3 is 10.2 Å². The Morgan fingerprint density at radius 1 is 1.37 bits per heavy atom. The van der Waals surface area contributed by atoms with Crippen molar-refractivity contribution < 1.29 is 4.79 Å². The van der Waals surface area contributed by atoms with Gasteiger partial charge in [0.25, 0.3) is 0 Å². The second kappa shape index (κ2) is 6.92. The highest BCUT2D eigenvalue weighted by atomic mass is 35.5. The van der Waals surface area contributed by atoms with E-state index in [-0.39, 0.29) is 23.7 Å². The summed E-state index contributed by atoms with van der Waals surface area (Å²) < 4.78 is 0. The van der Waals surface area contributed by atoms with Crippen LogP contribution in [0.15, 0.2) is 30.3 Å². The predicted octanol–water partition coefficient (Wildman–Crippen LogP) is 2.11. The van der Waals surface area contributed by atoms with E-state index in [1.165, 1.54) is 5.56 Å². The molecule has 0 radical (unpaired) electrons. The van der Waals surface area contributed by atoms with E-state index in [2.05, 4.69) is 24.4 Å². The van der Waals surface area contributed by atoms with Gasteiger partial charge >= 0.3 is 0 Å². The summed E-state index contributed by atoms with van der Waals surface area (Å²) in [7, 11) is 1.91. The highest BCUT2D eigenvalue weighted by molar-refractivity contribution is 5.85. The van der Waals surface area contributed by atoms with E-state index < -0.39 is 0 Å². The molecule has 1 aromatic rings. The van der Waals surface area contributed by atoms with Crippen molar-refractivity contribution >= 4 is 18.3 Å². The normalized spacial score (nSPS) is 21.8. The first-order valence-corrected chi connectivity index (χ1v) is 6.62. The van der Waals surface area contributed by atoms with Gasteiger partial charge in [0, 0.05) is 20.1 Å². The largest absolute Gasteiger partial charge is 0.345 e. The Kier molecular flexibility index (Phi) is 5.83. The van der Waals surface area contributed by atoms with Gasteiger partial charge in [-0.15, -0.1) is 12.4 Å². The summed E-state index contributed by atoms with van der Waals surface area (Å²) in [6.45, 7) is 4.61. The summed E-state index contributed by atoms with van der Waals surface area (Å²) in [6.07, 6.45) is 1.87. The van der Waals surface area contributed by atoms with Crippen LogP contribution in [0.4, 0.5) is 0 Å². The van der Waals surface area contributed by atoms with E-state index >= 15 is 0 Å².